The summed E-state index contributed by atoms with van der Waals surface area (Å²) in [6.45, 7) is 24.6. The molecule has 1 rings (SSSR count). The molecule has 20 heavy (non-hydrogen) atoms. The Hall–Kier alpha value is 1.21. The second-order valence-corrected chi connectivity index (χ2v) is 22.2. The van der Waals surface area contributed by atoms with Gasteiger partial charge in [-0.05, 0) is 12.1 Å². The van der Waals surface area contributed by atoms with Crippen molar-refractivity contribution in [2.24, 2.45) is 0 Å². The van der Waals surface area contributed by atoms with Crippen molar-refractivity contribution in [3.05, 3.63) is 0 Å². The van der Waals surface area contributed by atoms with E-state index in [1.807, 2.05) is 0 Å². The molecule has 0 bridgehead atoms. The zero-order valence-corrected chi connectivity index (χ0v) is 19.2. The van der Waals surface area contributed by atoms with Crippen molar-refractivity contribution in [3.63, 3.8) is 0 Å². The van der Waals surface area contributed by atoms with Crippen molar-refractivity contribution in [1.29, 1.82) is 0 Å². The van der Waals surface area contributed by atoms with Crippen LogP contribution in [0.1, 0.15) is 27.7 Å². The van der Waals surface area contributed by atoms with Crippen molar-refractivity contribution in [1.82, 2.24) is 9.13 Å². The van der Waals surface area contributed by atoms with Crippen LogP contribution in [0.2, 0.25) is 39.3 Å². The average Bonchev–Trinajstić information content (AvgIpc) is 2.07. The molecular formula is C14H36N2P2Si2. The number of hydrogen-bond acceptors (Lipinski definition) is 2. The minimum atomic E-state index is -1.18. The Kier molecular flexibility index (Phi) is 6.51. The van der Waals surface area contributed by atoms with Crippen molar-refractivity contribution in [2.75, 3.05) is 0 Å². The molecule has 0 amide bonds. The Morgan fingerprint density at radius 2 is 0.900 bits per heavy atom. The molecule has 0 aromatic heterocycles. The maximum Gasteiger partial charge on any atom is 0.120 e. The molecule has 1 fully saturated rings. The second kappa shape index (κ2) is 6.76. The van der Waals surface area contributed by atoms with E-state index in [9.17, 15) is 0 Å². The highest BCUT2D eigenvalue weighted by molar-refractivity contribution is 7.75. The zero-order chi connectivity index (χ0) is 15.9. The first-order valence-corrected chi connectivity index (χ1v) is 17.1. The largest absolute Gasteiger partial charge is 0.312 e. The van der Waals surface area contributed by atoms with Crippen molar-refractivity contribution >= 4 is 33.6 Å². The van der Waals surface area contributed by atoms with Gasteiger partial charge in [-0.25, -0.2) is 0 Å². The minimum absolute atomic E-state index is 0.715. The van der Waals surface area contributed by atoms with Gasteiger partial charge in [0, 0.05) is 11.0 Å². The Bertz CT molecular complexity index is 288. The van der Waals surface area contributed by atoms with E-state index in [0.29, 0.717) is 12.1 Å². The number of hydrogen-bond donors (Lipinski definition) is 0. The maximum absolute atomic E-state index is 2.89. The topological polar surface area (TPSA) is 6.48 Å². The number of nitrogens with zero attached hydrogens (tertiary/aromatic N) is 2. The van der Waals surface area contributed by atoms with E-state index in [1.54, 1.807) is 0 Å². The van der Waals surface area contributed by atoms with Crippen LogP contribution >= 0.6 is 17.2 Å². The molecule has 1 heterocycles. The molecule has 1 aliphatic heterocycles. The summed E-state index contributed by atoms with van der Waals surface area (Å²) in [7, 11) is -0.0995. The van der Waals surface area contributed by atoms with Gasteiger partial charge in [0.05, 0.1) is 0 Å². The highest BCUT2D eigenvalue weighted by atomic mass is 31.2. The molecule has 1 aliphatic rings. The summed E-state index contributed by atoms with van der Waals surface area (Å²) in [6, 6.07) is 1.43. The van der Waals surface area contributed by atoms with E-state index in [-0.39, 0.29) is 0 Å². The van der Waals surface area contributed by atoms with E-state index in [1.165, 1.54) is 0 Å². The highest BCUT2D eigenvalue weighted by Crippen LogP contribution is 2.62. The van der Waals surface area contributed by atoms with Gasteiger partial charge < -0.3 is 9.13 Å². The fourth-order valence-electron chi connectivity index (χ4n) is 3.54. The van der Waals surface area contributed by atoms with Crippen LogP contribution in [0.15, 0.2) is 0 Å². The van der Waals surface area contributed by atoms with E-state index >= 15 is 0 Å². The molecule has 120 valence electrons. The molecule has 0 saturated carbocycles. The predicted molar refractivity (Wildman–Crippen MR) is 105 cm³/mol. The van der Waals surface area contributed by atoms with Crippen LogP contribution in [0.3, 0.4) is 0 Å². The Balaban J connectivity index is 2.73. The lowest BCUT2D eigenvalue weighted by atomic mass is 10.4. The number of rotatable bonds is 6. The summed E-state index contributed by atoms with van der Waals surface area (Å²) in [5.74, 6) is 0. The smallest absolute Gasteiger partial charge is 0.120 e. The van der Waals surface area contributed by atoms with Gasteiger partial charge in [-0.1, -0.05) is 84.1 Å². The highest BCUT2D eigenvalue weighted by Gasteiger charge is 2.45. The lowest BCUT2D eigenvalue weighted by molar-refractivity contribution is 0.348. The molecule has 0 aromatic rings. The van der Waals surface area contributed by atoms with Crippen molar-refractivity contribution in [3.8, 4) is 0 Å². The van der Waals surface area contributed by atoms with Gasteiger partial charge >= 0.3 is 0 Å². The molecular weight excluding hydrogens is 314 g/mol. The minimum Gasteiger partial charge on any atom is -0.312 e. The van der Waals surface area contributed by atoms with Crippen LogP contribution in [0.25, 0.3) is 0 Å². The van der Waals surface area contributed by atoms with Gasteiger partial charge in [0.1, 0.15) is 16.5 Å². The standard InChI is InChI=1S/C14H36N2P2Si2/c1-11(2)15(19(5,6)7)13-17-14(18-13)16(12(3)4)20(8,9)10/h11-14,17-18H,1-10H3. The molecule has 0 aromatic carbocycles. The third-order valence-electron chi connectivity index (χ3n) is 3.85. The summed E-state index contributed by atoms with van der Waals surface area (Å²) >= 11 is 0. The molecule has 1 saturated heterocycles. The molecule has 6 heteroatoms. The summed E-state index contributed by atoms with van der Waals surface area (Å²) in [4.78, 5) is 0. The van der Waals surface area contributed by atoms with Crippen LogP contribution in [0, 0.1) is 0 Å². The Labute approximate surface area is 133 Å². The monoisotopic (exact) mass is 350 g/mol. The third kappa shape index (κ3) is 4.60. The van der Waals surface area contributed by atoms with Gasteiger partial charge in [0.15, 0.2) is 0 Å². The summed E-state index contributed by atoms with van der Waals surface area (Å²) in [5, 5.41) is 0. The molecule has 0 spiro atoms. The van der Waals surface area contributed by atoms with E-state index in [0.717, 1.165) is 28.2 Å². The van der Waals surface area contributed by atoms with Gasteiger partial charge in [0.2, 0.25) is 0 Å². The van der Waals surface area contributed by atoms with Gasteiger partial charge in [-0.3, -0.25) is 0 Å². The van der Waals surface area contributed by atoms with Crippen LogP contribution < -0.4 is 0 Å². The molecule has 0 aliphatic carbocycles. The van der Waals surface area contributed by atoms with Crippen LogP contribution in [0.5, 0.6) is 0 Å². The van der Waals surface area contributed by atoms with Crippen molar-refractivity contribution < 1.29 is 0 Å². The first-order chi connectivity index (χ1) is 8.85. The molecule has 0 atom stereocenters. The normalized spacial score (nSPS) is 27.3. The van der Waals surface area contributed by atoms with Gasteiger partial charge in [0.25, 0.3) is 0 Å². The van der Waals surface area contributed by atoms with Gasteiger partial charge in [-0.15, -0.1) is 0 Å². The lowest BCUT2D eigenvalue weighted by Crippen LogP contribution is -2.60. The fraction of sp³-hybridized carbons (Fsp3) is 1.00. The maximum atomic E-state index is 2.89. The third-order valence-corrected chi connectivity index (χ3v) is 13.9. The predicted octanol–water partition coefficient (Wildman–Crippen LogP) is 5.01. The first-order valence-electron chi connectivity index (χ1n) is 7.94. The quantitative estimate of drug-likeness (QED) is 0.490. The molecule has 0 unspecified atom stereocenters. The SMILES string of the molecule is CC(C)N(C1PC(N(C(C)C)[Si](C)(C)C)P1)[Si](C)(C)C. The summed E-state index contributed by atoms with van der Waals surface area (Å²) in [6.07, 6.45) is 0. The van der Waals surface area contributed by atoms with Crippen LogP contribution in [-0.2, 0) is 0 Å². The molecule has 0 radical (unpaired) electrons. The Morgan fingerprint density at radius 1 is 0.650 bits per heavy atom. The van der Waals surface area contributed by atoms with Gasteiger partial charge in [-0.2, -0.15) is 0 Å². The summed E-state index contributed by atoms with van der Waals surface area (Å²) < 4.78 is 5.78. The van der Waals surface area contributed by atoms with E-state index in [4.69, 9.17) is 0 Å². The van der Waals surface area contributed by atoms with E-state index in [2.05, 4.69) is 76.1 Å². The molecule has 0 N–H and O–H groups in total. The molecule has 2 nitrogen and oxygen atoms in total. The average molecular weight is 351 g/mol. The first kappa shape index (κ1) is 19.3. The van der Waals surface area contributed by atoms with Crippen LogP contribution in [0.4, 0.5) is 0 Å². The summed E-state index contributed by atoms with van der Waals surface area (Å²) in [5.41, 5.74) is 1.79. The van der Waals surface area contributed by atoms with Crippen LogP contribution in [-0.4, -0.2) is 48.7 Å². The second-order valence-electron chi connectivity index (χ2n) is 8.48. The lowest BCUT2D eigenvalue weighted by Gasteiger charge is -2.56. The Morgan fingerprint density at radius 3 is 1.05 bits per heavy atom. The van der Waals surface area contributed by atoms with Crippen molar-refractivity contribution in [2.45, 2.75) is 90.1 Å². The fourth-order valence-corrected chi connectivity index (χ4v) is 17.6. The van der Waals surface area contributed by atoms with E-state index < -0.39 is 16.5 Å². The zero-order valence-electron chi connectivity index (χ0n) is 15.2.